The number of rotatable bonds is 6. The van der Waals surface area contributed by atoms with Crippen molar-refractivity contribution in [3.05, 3.63) is 29.8 Å². The molecule has 2 aliphatic rings. The number of nitrogens with one attached hydrogen (secondary N) is 3. The molecule has 7 heteroatoms. The molecule has 3 unspecified atom stereocenters. The lowest BCUT2D eigenvalue weighted by Gasteiger charge is -2.30. The molecule has 3 N–H and O–H groups in total. The van der Waals surface area contributed by atoms with Crippen LogP contribution in [0.3, 0.4) is 0 Å². The normalized spacial score (nSPS) is 25.1. The zero-order valence-corrected chi connectivity index (χ0v) is 16.9. The number of hydrogen-bond acceptors (Lipinski definition) is 4. The maximum Gasteiger partial charge on any atom is 0.234 e. The molecule has 0 radical (unpaired) electrons. The molecule has 26 heavy (non-hydrogen) atoms. The van der Waals surface area contributed by atoms with Crippen molar-refractivity contribution in [3.8, 4) is 0 Å². The maximum absolute atomic E-state index is 12.4. The first-order valence-corrected chi connectivity index (χ1v) is 10.1. The van der Waals surface area contributed by atoms with Gasteiger partial charge in [-0.05, 0) is 51.7 Å². The zero-order chi connectivity index (χ0) is 17.8. The van der Waals surface area contributed by atoms with Crippen LogP contribution in [-0.4, -0.2) is 40.9 Å². The first kappa shape index (κ1) is 21.1. The average molecular weight is 398 g/mol. The lowest BCUT2D eigenvalue weighted by molar-refractivity contribution is -0.121. The number of thioether (sulfide) groups is 1. The van der Waals surface area contributed by atoms with Crippen molar-refractivity contribution >= 4 is 41.7 Å². The molecule has 2 heterocycles. The second-order valence-corrected chi connectivity index (χ2v) is 8.51. The number of amides is 2. The summed E-state index contributed by atoms with van der Waals surface area (Å²) in [4.78, 5) is 24.4. The van der Waals surface area contributed by atoms with E-state index in [-0.39, 0.29) is 41.3 Å². The summed E-state index contributed by atoms with van der Waals surface area (Å²) in [6, 6.07) is 9.10. The summed E-state index contributed by atoms with van der Waals surface area (Å²) in [5.41, 5.74) is 1.95. The predicted molar refractivity (Wildman–Crippen MR) is 110 cm³/mol. The van der Waals surface area contributed by atoms with Crippen molar-refractivity contribution in [2.24, 2.45) is 0 Å². The standard InChI is InChI=1S/C19H27N3O2S.ClH/c1-12-3-5-14(6-4-12)21-18(23)11-25-13(2)19(24)22-17-9-15-7-8-16(10-17)20-15;/h3-6,13,15-17,20H,7-11H2,1-2H3,(H,21,23)(H,22,24);1H. The molecule has 144 valence electrons. The third-order valence-electron chi connectivity index (χ3n) is 4.99. The minimum absolute atomic E-state index is 0. The molecule has 0 spiro atoms. The molecule has 2 aliphatic heterocycles. The Kier molecular flexibility index (Phi) is 7.80. The highest BCUT2D eigenvalue weighted by Crippen LogP contribution is 2.27. The van der Waals surface area contributed by atoms with Crippen molar-refractivity contribution < 1.29 is 9.59 Å². The first-order valence-electron chi connectivity index (χ1n) is 9.04. The molecule has 1 aromatic carbocycles. The summed E-state index contributed by atoms with van der Waals surface area (Å²) in [5.74, 6) is 0.243. The summed E-state index contributed by atoms with van der Waals surface area (Å²) >= 11 is 1.38. The van der Waals surface area contributed by atoms with Crippen molar-refractivity contribution in [1.29, 1.82) is 0 Å². The average Bonchev–Trinajstić information content (AvgIpc) is 2.93. The molecule has 2 amide bonds. The zero-order valence-electron chi connectivity index (χ0n) is 15.3. The fourth-order valence-corrected chi connectivity index (χ4v) is 4.30. The Morgan fingerprint density at radius 2 is 1.81 bits per heavy atom. The van der Waals surface area contributed by atoms with Gasteiger partial charge in [0.25, 0.3) is 0 Å². The van der Waals surface area contributed by atoms with Crippen molar-refractivity contribution in [2.45, 2.75) is 62.9 Å². The number of piperidine rings is 1. The molecular formula is C19H28ClN3O2S. The molecule has 0 aromatic heterocycles. The molecule has 0 aliphatic carbocycles. The van der Waals surface area contributed by atoms with E-state index < -0.39 is 0 Å². The Hall–Kier alpha value is -1.24. The second-order valence-electron chi connectivity index (χ2n) is 7.18. The van der Waals surface area contributed by atoms with Gasteiger partial charge in [-0.1, -0.05) is 17.7 Å². The smallest absolute Gasteiger partial charge is 0.234 e. The molecule has 2 fully saturated rings. The van der Waals surface area contributed by atoms with Gasteiger partial charge < -0.3 is 16.0 Å². The minimum atomic E-state index is -0.226. The first-order chi connectivity index (χ1) is 12.0. The van der Waals surface area contributed by atoms with E-state index in [0.717, 1.165) is 24.1 Å². The minimum Gasteiger partial charge on any atom is -0.352 e. The van der Waals surface area contributed by atoms with Crippen molar-refractivity contribution in [1.82, 2.24) is 10.6 Å². The Balaban J connectivity index is 0.00000243. The van der Waals surface area contributed by atoms with Crippen LogP contribution in [0, 0.1) is 6.92 Å². The van der Waals surface area contributed by atoms with Crippen LogP contribution in [0.4, 0.5) is 5.69 Å². The fraction of sp³-hybridized carbons (Fsp3) is 0.579. The Bertz CT molecular complexity index is 614. The maximum atomic E-state index is 12.4. The molecule has 2 bridgehead atoms. The number of anilines is 1. The van der Waals surface area contributed by atoms with Crippen LogP contribution in [0.2, 0.25) is 0 Å². The van der Waals surface area contributed by atoms with Crippen LogP contribution >= 0.6 is 24.2 Å². The molecule has 1 aromatic rings. The third kappa shape index (κ3) is 5.89. The number of carbonyl (C=O) groups excluding carboxylic acids is 2. The third-order valence-corrected chi connectivity index (χ3v) is 6.13. The Morgan fingerprint density at radius 1 is 1.19 bits per heavy atom. The van der Waals surface area contributed by atoms with Crippen molar-refractivity contribution in [3.63, 3.8) is 0 Å². The van der Waals surface area contributed by atoms with Crippen LogP contribution < -0.4 is 16.0 Å². The lowest BCUT2D eigenvalue weighted by Crippen LogP contribution is -2.49. The van der Waals surface area contributed by atoms with Crippen LogP contribution in [0.1, 0.15) is 38.2 Å². The van der Waals surface area contributed by atoms with Gasteiger partial charge >= 0.3 is 0 Å². The highest BCUT2D eigenvalue weighted by atomic mass is 35.5. The van der Waals surface area contributed by atoms with Crippen molar-refractivity contribution in [2.75, 3.05) is 11.1 Å². The molecule has 3 rings (SSSR count). The Labute approximate surface area is 165 Å². The number of fused-ring (bicyclic) bond motifs is 2. The number of benzene rings is 1. The second kappa shape index (κ2) is 9.62. The highest BCUT2D eigenvalue weighted by molar-refractivity contribution is 8.01. The van der Waals surface area contributed by atoms with E-state index in [0.29, 0.717) is 12.1 Å². The summed E-state index contributed by atoms with van der Waals surface area (Å²) in [7, 11) is 0. The van der Waals surface area contributed by atoms with Gasteiger partial charge in [0, 0.05) is 23.8 Å². The lowest BCUT2D eigenvalue weighted by atomic mass is 10.00. The van der Waals surface area contributed by atoms with Gasteiger partial charge in [0.2, 0.25) is 11.8 Å². The van der Waals surface area contributed by atoms with Gasteiger partial charge in [0.15, 0.2) is 0 Å². The van der Waals surface area contributed by atoms with Gasteiger partial charge in [0.05, 0.1) is 11.0 Å². The van der Waals surface area contributed by atoms with E-state index in [2.05, 4.69) is 16.0 Å². The van der Waals surface area contributed by atoms with E-state index in [9.17, 15) is 9.59 Å². The van der Waals surface area contributed by atoms with Crippen LogP contribution in [0.15, 0.2) is 24.3 Å². The van der Waals surface area contributed by atoms with Gasteiger partial charge in [-0.15, -0.1) is 24.2 Å². The summed E-state index contributed by atoms with van der Waals surface area (Å²) in [6.45, 7) is 3.88. The van der Waals surface area contributed by atoms with E-state index in [1.165, 1.54) is 24.6 Å². The van der Waals surface area contributed by atoms with E-state index >= 15 is 0 Å². The van der Waals surface area contributed by atoms with E-state index in [1.807, 2.05) is 38.1 Å². The molecule has 3 atom stereocenters. The summed E-state index contributed by atoms with van der Waals surface area (Å²) in [6.07, 6.45) is 4.49. The van der Waals surface area contributed by atoms with Gasteiger partial charge in [-0.3, -0.25) is 9.59 Å². The van der Waals surface area contributed by atoms with Gasteiger partial charge in [-0.2, -0.15) is 0 Å². The summed E-state index contributed by atoms with van der Waals surface area (Å²) < 4.78 is 0. The quantitative estimate of drug-likeness (QED) is 0.690. The van der Waals surface area contributed by atoms with Gasteiger partial charge in [0.1, 0.15) is 0 Å². The molecule has 5 nitrogen and oxygen atoms in total. The van der Waals surface area contributed by atoms with E-state index in [4.69, 9.17) is 0 Å². The fourth-order valence-electron chi connectivity index (χ4n) is 3.60. The highest BCUT2D eigenvalue weighted by Gasteiger charge is 2.34. The number of halogens is 1. The largest absolute Gasteiger partial charge is 0.352 e. The number of aryl methyl sites for hydroxylation is 1. The number of carbonyl (C=O) groups is 2. The van der Waals surface area contributed by atoms with Crippen LogP contribution in [0.5, 0.6) is 0 Å². The SMILES string of the molecule is Cc1ccc(NC(=O)CSC(C)C(=O)NC2CC3CCC(C2)N3)cc1.Cl. The molecular weight excluding hydrogens is 370 g/mol. The van der Waals surface area contributed by atoms with Crippen LogP contribution in [0.25, 0.3) is 0 Å². The van der Waals surface area contributed by atoms with Gasteiger partial charge in [-0.25, -0.2) is 0 Å². The monoisotopic (exact) mass is 397 g/mol. The molecule has 2 saturated heterocycles. The number of hydrogen-bond donors (Lipinski definition) is 3. The Morgan fingerprint density at radius 3 is 2.42 bits per heavy atom. The molecule has 0 saturated carbocycles. The van der Waals surface area contributed by atoms with E-state index in [1.54, 1.807) is 0 Å². The topological polar surface area (TPSA) is 70.2 Å². The van der Waals surface area contributed by atoms with Crippen LogP contribution in [-0.2, 0) is 9.59 Å². The predicted octanol–water partition coefficient (Wildman–Crippen LogP) is 2.88. The summed E-state index contributed by atoms with van der Waals surface area (Å²) in [5, 5.41) is 9.39.